The Labute approximate surface area is 72.0 Å². The molecular weight excluding hydrogens is 158 g/mol. The number of hydrogen-bond acceptors (Lipinski definition) is 4. The average Bonchev–Trinajstić information content (AvgIpc) is 1.82. The first-order valence-electron chi connectivity index (χ1n) is 3.66. The molecule has 0 radical (unpaired) electrons. The van der Waals surface area contributed by atoms with E-state index in [1.165, 1.54) is 0 Å². The van der Waals surface area contributed by atoms with Crippen molar-refractivity contribution in [1.82, 2.24) is 10.6 Å². The predicted octanol–water partition coefficient (Wildman–Crippen LogP) is 0.669. The lowest BCUT2D eigenvalue weighted by molar-refractivity contribution is -0.404. The zero-order valence-corrected chi connectivity index (χ0v) is 7.84. The van der Waals surface area contributed by atoms with Crippen molar-refractivity contribution in [3.8, 4) is 0 Å². The lowest BCUT2D eigenvalue weighted by Crippen LogP contribution is -2.39. The smallest absolute Gasteiger partial charge is 0.274 e. The lowest BCUT2D eigenvalue weighted by Gasteiger charge is -2.22. The summed E-state index contributed by atoms with van der Waals surface area (Å²) in [6.45, 7) is 5.79. The van der Waals surface area contributed by atoms with Gasteiger partial charge in [-0.15, -0.1) is 0 Å². The first kappa shape index (κ1) is 10.7. The molecule has 0 aromatic heterocycles. The van der Waals surface area contributed by atoms with Crippen LogP contribution in [0.3, 0.4) is 0 Å². The Hall–Kier alpha value is -1.26. The summed E-state index contributed by atoms with van der Waals surface area (Å²) in [7, 11) is 1.63. The largest absolute Gasteiger partial charge is 0.370 e. The third-order valence-electron chi connectivity index (χ3n) is 1.01. The minimum absolute atomic E-state index is 0.176. The topological polar surface area (TPSA) is 67.2 Å². The van der Waals surface area contributed by atoms with Gasteiger partial charge in [0.15, 0.2) is 5.82 Å². The minimum Gasteiger partial charge on any atom is -0.370 e. The summed E-state index contributed by atoms with van der Waals surface area (Å²) < 4.78 is 0. The molecule has 0 aliphatic carbocycles. The van der Waals surface area contributed by atoms with Crippen LogP contribution in [0.2, 0.25) is 0 Å². The first-order chi connectivity index (χ1) is 5.35. The van der Waals surface area contributed by atoms with Gasteiger partial charge in [0.1, 0.15) is 0 Å². The molecular formula is C7H15N3O2. The van der Waals surface area contributed by atoms with Gasteiger partial charge in [-0.25, -0.2) is 0 Å². The van der Waals surface area contributed by atoms with Crippen LogP contribution in [0.15, 0.2) is 12.0 Å². The maximum atomic E-state index is 10.1. The molecule has 0 aliphatic rings. The number of rotatable bonds is 3. The Bertz CT molecular complexity index is 193. The van der Waals surface area contributed by atoms with E-state index >= 15 is 0 Å². The molecule has 0 rings (SSSR count). The van der Waals surface area contributed by atoms with Crippen molar-refractivity contribution in [1.29, 1.82) is 0 Å². The standard InChI is InChI=1S/C7H15N3O2/c1-7(2,3)9-6(8-4)5-10(11)12/h5,8-9H,1-4H3/b6-5+. The lowest BCUT2D eigenvalue weighted by atomic mass is 10.1. The molecule has 0 saturated heterocycles. The van der Waals surface area contributed by atoms with E-state index in [1.807, 2.05) is 20.8 Å². The Balaban J connectivity index is 4.28. The van der Waals surface area contributed by atoms with Crippen molar-refractivity contribution < 1.29 is 4.92 Å². The van der Waals surface area contributed by atoms with Crippen LogP contribution in [0.1, 0.15) is 20.8 Å². The fraction of sp³-hybridized carbons (Fsp3) is 0.714. The quantitative estimate of drug-likeness (QED) is 0.486. The molecule has 0 aromatic rings. The predicted molar refractivity (Wildman–Crippen MR) is 47.0 cm³/mol. The molecule has 2 N–H and O–H groups in total. The zero-order valence-electron chi connectivity index (χ0n) is 7.84. The van der Waals surface area contributed by atoms with Gasteiger partial charge in [-0.2, -0.15) is 0 Å². The van der Waals surface area contributed by atoms with Gasteiger partial charge in [0, 0.05) is 12.6 Å². The van der Waals surface area contributed by atoms with Crippen molar-refractivity contribution in [2.75, 3.05) is 7.05 Å². The molecule has 0 aromatic carbocycles. The Morgan fingerprint density at radius 3 is 2.25 bits per heavy atom. The van der Waals surface area contributed by atoms with E-state index < -0.39 is 4.92 Å². The zero-order chi connectivity index (χ0) is 9.78. The van der Waals surface area contributed by atoms with Crippen LogP contribution < -0.4 is 10.6 Å². The summed E-state index contributed by atoms with van der Waals surface area (Å²) in [5, 5.41) is 15.7. The first-order valence-corrected chi connectivity index (χ1v) is 3.66. The number of nitrogens with zero attached hydrogens (tertiary/aromatic N) is 1. The molecule has 0 bridgehead atoms. The van der Waals surface area contributed by atoms with Gasteiger partial charge < -0.3 is 10.6 Å². The van der Waals surface area contributed by atoms with Crippen molar-refractivity contribution in [2.24, 2.45) is 0 Å². The van der Waals surface area contributed by atoms with E-state index in [0.717, 1.165) is 6.20 Å². The maximum absolute atomic E-state index is 10.1. The summed E-state index contributed by atoms with van der Waals surface area (Å²) in [6.07, 6.45) is 0.908. The molecule has 0 spiro atoms. The third kappa shape index (κ3) is 5.52. The average molecular weight is 173 g/mol. The van der Waals surface area contributed by atoms with Gasteiger partial charge in [0.2, 0.25) is 0 Å². The number of nitrogens with one attached hydrogen (secondary N) is 2. The second-order valence-corrected chi connectivity index (χ2v) is 3.45. The van der Waals surface area contributed by atoms with E-state index in [9.17, 15) is 10.1 Å². The van der Waals surface area contributed by atoms with Crippen LogP contribution in [0.25, 0.3) is 0 Å². The van der Waals surface area contributed by atoms with Gasteiger partial charge in [-0.3, -0.25) is 10.1 Å². The Kier molecular flexibility index (Phi) is 3.53. The number of hydrogen-bond donors (Lipinski definition) is 2. The van der Waals surface area contributed by atoms with E-state index in [1.54, 1.807) is 7.05 Å². The molecule has 0 aliphatic heterocycles. The molecule has 0 amide bonds. The summed E-state index contributed by atoms with van der Waals surface area (Å²) in [6, 6.07) is 0. The Morgan fingerprint density at radius 1 is 1.50 bits per heavy atom. The highest BCUT2D eigenvalue weighted by Gasteiger charge is 2.11. The van der Waals surface area contributed by atoms with Gasteiger partial charge in [0.25, 0.3) is 6.20 Å². The maximum Gasteiger partial charge on any atom is 0.274 e. The van der Waals surface area contributed by atoms with Gasteiger partial charge >= 0.3 is 0 Å². The van der Waals surface area contributed by atoms with Crippen LogP contribution in [0.4, 0.5) is 0 Å². The molecule has 70 valence electrons. The minimum atomic E-state index is -0.495. The molecule has 5 nitrogen and oxygen atoms in total. The second-order valence-electron chi connectivity index (χ2n) is 3.45. The Morgan fingerprint density at radius 2 is 2.00 bits per heavy atom. The molecule has 5 heteroatoms. The van der Waals surface area contributed by atoms with Crippen molar-refractivity contribution in [3.05, 3.63) is 22.1 Å². The highest BCUT2D eigenvalue weighted by molar-refractivity contribution is 4.95. The highest BCUT2D eigenvalue weighted by atomic mass is 16.6. The van der Waals surface area contributed by atoms with Crippen LogP contribution in [0, 0.1) is 10.1 Å². The van der Waals surface area contributed by atoms with Crippen molar-refractivity contribution in [2.45, 2.75) is 26.3 Å². The molecule has 0 fully saturated rings. The fourth-order valence-electron chi connectivity index (χ4n) is 0.669. The van der Waals surface area contributed by atoms with Crippen LogP contribution in [-0.4, -0.2) is 17.5 Å². The number of nitro groups is 1. The van der Waals surface area contributed by atoms with Gasteiger partial charge in [0.05, 0.1) is 4.92 Å². The molecule has 0 atom stereocenters. The highest BCUT2D eigenvalue weighted by Crippen LogP contribution is 2.01. The van der Waals surface area contributed by atoms with E-state index in [4.69, 9.17) is 0 Å². The summed E-state index contributed by atoms with van der Waals surface area (Å²) in [5.74, 6) is 0.410. The van der Waals surface area contributed by atoms with E-state index in [2.05, 4.69) is 10.6 Å². The van der Waals surface area contributed by atoms with Gasteiger partial charge in [-0.1, -0.05) is 0 Å². The van der Waals surface area contributed by atoms with E-state index in [-0.39, 0.29) is 5.54 Å². The van der Waals surface area contributed by atoms with Crippen molar-refractivity contribution in [3.63, 3.8) is 0 Å². The summed E-state index contributed by atoms with van der Waals surface area (Å²) >= 11 is 0. The van der Waals surface area contributed by atoms with Crippen LogP contribution in [0.5, 0.6) is 0 Å². The monoisotopic (exact) mass is 173 g/mol. The molecule has 0 heterocycles. The molecule has 0 saturated carbocycles. The normalized spacial score (nSPS) is 12.5. The summed E-state index contributed by atoms with van der Waals surface area (Å²) in [4.78, 5) is 9.61. The van der Waals surface area contributed by atoms with Crippen LogP contribution in [-0.2, 0) is 0 Å². The van der Waals surface area contributed by atoms with Crippen molar-refractivity contribution >= 4 is 0 Å². The van der Waals surface area contributed by atoms with E-state index in [0.29, 0.717) is 5.82 Å². The third-order valence-corrected chi connectivity index (χ3v) is 1.01. The summed E-state index contributed by atoms with van der Waals surface area (Å²) in [5.41, 5.74) is -0.176. The van der Waals surface area contributed by atoms with Gasteiger partial charge in [-0.05, 0) is 20.8 Å². The fourth-order valence-corrected chi connectivity index (χ4v) is 0.669. The van der Waals surface area contributed by atoms with Crippen LogP contribution >= 0.6 is 0 Å². The SMILES string of the molecule is CN/C(=C\[N+](=O)[O-])NC(C)(C)C. The molecule has 0 unspecified atom stereocenters. The second kappa shape index (κ2) is 3.94. The molecule has 12 heavy (non-hydrogen) atoms.